The van der Waals surface area contributed by atoms with Gasteiger partial charge in [0.25, 0.3) is 5.91 Å². The molecule has 3 aromatic carbocycles. The van der Waals surface area contributed by atoms with Crippen molar-refractivity contribution in [1.29, 1.82) is 0 Å². The largest absolute Gasteiger partial charge is 0.481 e. The Labute approximate surface area is 185 Å². The molecule has 1 amide bonds. The van der Waals surface area contributed by atoms with Crippen LogP contribution in [0.4, 0.5) is 5.69 Å². The number of nitrogens with zero attached hydrogens (tertiary/aromatic N) is 1. The highest BCUT2D eigenvalue weighted by atomic mass is 16.5. The number of rotatable bonds is 6. The van der Waals surface area contributed by atoms with Crippen molar-refractivity contribution in [2.75, 3.05) is 18.0 Å². The second-order valence-corrected chi connectivity index (χ2v) is 8.78. The van der Waals surface area contributed by atoms with Gasteiger partial charge in [-0.25, -0.2) is 0 Å². The summed E-state index contributed by atoms with van der Waals surface area (Å²) in [6, 6.07) is 22.5. The van der Waals surface area contributed by atoms with Gasteiger partial charge in [0.15, 0.2) is 6.10 Å². The molecule has 0 aromatic heterocycles. The van der Waals surface area contributed by atoms with Gasteiger partial charge in [0, 0.05) is 18.8 Å². The van der Waals surface area contributed by atoms with Crippen LogP contribution in [0.25, 0.3) is 10.8 Å². The van der Waals surface area contributed by atoms with Crippen LogP contribution in [-0.4, -0.2) is 25.1 Å². The van der Waals surface area contributed by atoms with Crippen molar-refractivity contribution in [3.05, 3.63) is 72.3 Å². The quantitative estimate of drug-likeness (QED) is 0.559. The predicted molar refractivity (Wildman–Crippen MR) is 128 cm³/mol. The number of anilines is 1. The van der Waals surface area contributed by atoms with Crippen molar-refractivity contribution in [2.45, 2.75) is 45.8 Å². The van der Waals surface area contributed by atoms with Crippen LogP contribution in [0, 0.1) is 5.92 Å². The summed E-state index contributed by atoms with van der Waals surface area (Å²) in [4.78, 5) is 15.2. The Morgan fingerprint density at radius 1 is 1.03 bits per heavy atom. The first-order valence-electron chi connectivity index (χ1n) is 11.3. The number of amides is 1. The Morgan fingerprint density at radius 3 is 2.52 bits per heavy atom. The normalized spacial score (nSPS) is 18.4. The van der Waals surface area contributed by atoms with Gasteiger partial charge in [0.1, 0.15) is 5.75 Å². The topological polar surface area (TPSA) is 41.6 Å². The number of piperidine rings is 1. The fourth-order valence-corrected chi connectivity index (χ4v) is 4.31. The molecule has 0 bridgehead atoms. The molecule has 1 N–H and O–H groups in total. The summed E-state index contributed by atoms with van der Waals surface area (Å²) in [6.07, 6.45) is 2.00. The summed E-state index contributed by atoms with van der Waals surface area (Å²) in [6.45, 7) is 8.37. The molecule has 1 fully saturated rings. The van der Waals surface area contributed by atoms with Crippen molar-refractivity contribution in [3.63, 3.8) is 0 Å². The Kier molecular flexibility index (Phi) is 6.45. The molecule has 1 aliphatic rings. The molecule has 0 saturated carbocycles. The molecule has 0 aliphatic carbocycles. The van der Waals surface area contributed by atoms with E-state index in [1.807, 2.05) is 43.3 Å². The molecule has 4 nitrogen and oxygen atoms in total. The van der Waals surface area contributed by atoms with Gasteiger partial charge in [-0.1, -0.05) is 49.4 Å². The van der Waals surface area contributed by atoms with Crippen molar-refractivity contribution in [3.8, 4) is 5.75 Å². The van der Waals surface area contributed by atoms with E-state index in [1.54, 1.807) is 6.92 Å². The Bertz CT molecular complexity index is 1030. The van der Waals surface area contributed by atoms with Crippen molar-refractivity contribution >= 4 is 22.4 Å². The highest BCUT2D eigenvalue weighted by Crippen LogP contribution is 2.25. The highest BCUT2D eigenvalue weighted by Gasteiger charge is 2.19. The molecule has 3 atom stereocenters. The van der Waals surface area contributed by atoms with Crippen LogP contribution in [0.15, 0.2) is 66.7 Å². The average molecular weight is 417 g/mol. The smallest absolute Gasteiger partial charge is 0.261 e. The Hall–Kier alpha value is -3.01. The van der Waals surface area contributed by atoms with E-state index < -0.39 is 6.10 Å². The number of fused-ring (bicyclic) bond motifs is 1. The Morgan fingerprint density at radius 2 is 1.77 bits per heavy atom. The van der Waals surface area contributed by atoms with Crippen LogP contribution in [-0.2, 0) is 4.79 Å². The average Bonchev–Trinajstić information content (AvgIpc) is 2.79. The minimum absolute atomic E-state index is 0.0792. The highest BCUT2D eigenvalue weighted by molar-refractivity contribution is 5.84. The molecule has 3 aromatic rings. The first-order chi connectivity index (χ1) is 15.0. The lowest BCUT2D eigenvalue weighted by Crippen LogP contribution is -2.37. The summed E-state index contributed by atoms with van der Waals surface area (Å²) in [5, 5.41) is 5.34. The second-order valence-electron chi connectivity index (χ2n) is 8.78. The van der Waals surface area contributed by atoms with Crippen LogP contribution >= 0.6 is 0 Å². The molecule has 4 heteroatoms. The second kappa shape index (κ2) is 9.42. The van der Waals surface area contributed by atoms with Crippen LogP contribution in [0.1, 0.15) is 45.2 Å². The van der Waals surface area contributed by atoms with Crippen LogP contribution in [0.3, 0.4) is 0 Å². The van der Waals surface area contributed by atoms with Gasteiger partial charge in [-0.2, -0.15) is 0 Å². The summed E-state index contributed by atoms with van der Waals surface area (Å²) in [7, 11) is 0. The SMILES string of the molecule is C[C@@H]1CCCN(c2ccc([C@H](C)NC(=O)[C@@H](C)Oc3ccc4ccccc4c3)cc2)C1. The first-order valence-corrected chi connectivity index (χ1v) is 11.3. The molecule has 0 unspecified atom stereocenters. The zero-order valence-electron chi connectivity index (χ0n) is 18.7. The van der Waals surface area contributed by atoms with E-state index in [0.29, 0.717) is 5.75 Å². The zero-order valence-corrected chi connectivity index (χ0v) is 18.7. The first kappa shape index (κ1) is 21.2. The number of hydrogen-bond acceptors (Lipinski definition) is 3. The van der Waals surface area contributed by atoms with Gasteiger partial charge < -0.3 is 15.0 Å². The lowest BCUT2D eigenvalue weighted by atomic mass is 9.99. The van der Waals surface area contributed by atoms with Crippen molar-refractivity contribution in [2.24, 2.45) is 5.92 Å². The molecular formula is C27H32N2O2. The third-order valence-corrected chi connectivity index (χ3v) is 6.18. The molecular weight excluding hydrogens is 384 g/mol. The molecule has 0 radical (unpaired) electrons. The summed E-state index contributed by atoms with van der Waals surface area (Å²) >= 11 is 0. The van der Waals surface area contributed by atoms with Gasteiger partial charge in [-0.15, -0.1) is 0 Å². The lowest BCUT2D eigenvalue weighted by Gasteiger charge is -2.33. The number of carbonyl (C=O) groups is 1. The van der Waals surface area contributed by atoms with E-state index >= 15 is 0 Å². The molecule has 1 saturated heterocycles. The summed E-state index contributed by atoms with van der Waals surface area (Å²) in [5.41, 5.74) is 2.36. The maximum atomic E-state index is 12.7. The fraction of sp³-hybridized carbons (Fsp3) is 0.370. The van der Waals surface area contributed by atoms with Crippen LogP contribution in [0.5, 0.6) is 5.75 Å². The fourth-order valence-electron chi connectivity index (χ4n) is 4.31. The lowest BCUT2D eigenvalue weighted by molar-refractivity contribution is -0.127. The van der Waals surface area contributed by atoms with Gasteiger partial charge in [-0.3, -0.25) is 4.79 Å². The molecule has 4 rings (SSSR count). The van der Waals surface area contributed by atoms with E-state index in [4.69, 9.17) is 4.74 Å². The van der Waals surface area contributed by atoms with Crippen LogP contribution in [0.2, 0.25) is 0 Å². The van der Waals surface area contributed by atoms with Gasteiger partial charge in [0.05, 0.1) is 6.04 Å². The van der Waals surface area contributed by atoms with Crippen molar-refractivity contribution in [1.82, 2.24) is 5.32 Å². The van der Waals surface area contributed by atoms with Crippen molar-refractivity contribution < 1.29 is 9.53 Å². The summed E-state index contributed by atoms with van der Waals surface area (Å²) in [5.74, 6) is 1.33. The number of ether oxygens (including phenoxy) is 1. The maximum absolute atomic E-state index is 12.7. The maximum Gasteiger partial charge on any atom is 0.261 e. The summed E-state index contributed by atoms with van der Waals surface area (Å²) < 4.78 is 5.91. The van der Waals surface area contributed by atoms with E-state index in [0.717, 1.165) is 35.3 Å². The van der Waals surface area contributed by atoms with Crippen LogP contribution < -0.4 is 15.0 Å². The number of carbonyl (C=O) groups excluding carboxylic acids is 1. The third-order valence-electron chi connectivity index (χ3n) is 6.18. The number of hydrogen-bond donors (Lipinski definition) is 1. The minimum atomic E-state index is -0.572. The van der Waals surface area contributed by atoms with E-state index in [9.17, 15) is 4.79 Å². The van der Waals surface area contributed by atoms with E-state index in [-0.39, 0.29) is 11.9 Å². The van der Waals surface area contributed by atoms with E-state index in [1.165, 1.54) is 18.5 Å². The van der Waals surface area contributed by atoms with Gasteiger partial charge >= 0.3 is 0 Å². The molecule has 0 spiro atoms. The predicted octanol–water partition coefficient (Wildman–Crippen LogP) is 5.72. The minimum Gasteiger partial charge on any atom is -0.481 e. The third kappa shape index (κ3) is 5.19. The molecule has 31 heavy (non-hydrogen) atoms. The molecule has 1 heterocycles. The van der Waals surface area contributed by atoms with E-state index in [2.05, 4.69) is 47.5 Å². The van der Waals surface area contributed by atoms with Gasteiger partial charge in [-0.05, 0) is 73.2 Å². The molecule has 162 valence electrons. The zero-order chi connectivity index (χ0) is 21.8. The number of benzene rings is 3. The molecule has 1 aliphatic heterocycles. The Balaban J connectivity index is 1.34. The van der Waals surface area contributed by atoms with Gasteiger partial charge in [0.2, 0.25) is 0 Å². The standard InChI is InChI=1S/C27H32N2O2/c1-19-7-6-16-29(18-19)25-13-10-22(11-14-25)20(2)28-27(30)21(3)31-26-15-12-23-8-4-5-9-24(23)17-26/h4-5,8-15,17,19-21H,6-7,16,18H2,1-3H3,(H,28,30)/t19-,20+,21-/m1/s1. The number of nitrogens with one attached hydrogen (secondary N) is 1. The monoisotopic (exact) mass is 416 g/mol.